The van der Waals surface area contributed by atoms with Crippen molar-refractivity contribution in [2.24, 2.45) is 5.41 Å². The molecule has 0 heterocycles. The fraction of sp³-hybridized carbons (Fsp3) is 0.400. The van der Waals surface area contributed by atoms with E-state index in [9.17, 15) is 0 Å². The van der Waals surface area contributed by atoms with E-state index in [0.717, 1.165) is 6.42 Å². The van der Waals surface area contributed by atoms with Gasteiger partial charge in [-0.1, -0.05) is 50.3 Å². The Labute approximate surface area is 62.9 Å². The summed E-state index contributed by atoms with van der Waals surface area (Å²) in [7, 11) is 0. The van der Waals surface area contributed by atoms with Gasteiger partial charge >= 0.3 is 0 Å². The second-order valence-electron chi connectivity index (χ2n) is 3.25. The molecule has 10 heavy (non-hydrogen) atoms. The van der Waals surface area contributed by atoms with Crippen LogP contribution < -0.4 is 0 Å². The number of hydrogen-bond donors (Lipinski definition) is 0. The van der Waals surface area contributed by atoms with Crippen LogP contribution in [0, 0.1) is 5.41 Å². The normalized spacial score (nSPS) is 22.2. The quantitative estimate of drug-likeness (QED) is 0.446. The summed E-state index contributed by atoms with van der Waals surface area (Å²) in [6, 6.07) is 0. The van der Waals surface area contributed by atoms with Crippen molar-refractivity contribution in [3.63, 3.8) is 0 Å². The largest absolute Gasteiger partial charge is 0.0839 e. The molecule has 1 rings (SSSR count). The average molecular weight is 134 g/mol. The third kappa shape index (κ3) is 2.22. The maximum Gasteiger partial charge on any atom is 0.000763 e. The summed E-state index contributed by atoms with van der Waals surface area (Å²) in [6.07, 6.45) is 14.1. The second kappa shape index (κ2) is 2.87. The Morgan fingerprint density at radius 2 is 1.80 bits per heavy atom. The van der Waals surface area contributed by atoms with Gasteiger partial charge in [0, 0.05) is 5.41 Å². The molecule has 0 saturated heterocycles. The van der Waals surface area contributed by atoms with E-state index in [1.54, 1.807) is 0 Å². The molecule has 0 nitrogen and oxygen atoms in total. The standard InChI is InChI=1S/C10H14/c1-10(2)8-6-4-3-5-7-9-10/h3-4,6-9H,5H2,1-2H3. The number of hydrogen-bond acceptors (Lipinski definition) is 0. The third-order valence-corrected chi connectivity index (χ3v) is 1.59. The topological polar surface area (TPSA) is 0 Å². The summed E-state index contributed by atoms with van der Waals surface area (Å²) in [6.45, 7) is 4.42. The smallest absolute Gasteiger partial charge is 0.000763 e. The Bertz CT molecular complexity index is 180. The van der Waals surface area contributed by atoms with E-state index in [1.165, 1.54) is 0 Å². The molecule has 0 bridgehead atoms. The molecule has 0 unspecified atom stereocenters. The van der Waals surface area contributed by atoms with Gasteiger partial charge in [-0.2, -0.15) is 0 Å². The van der Waals surface area contributed by atoms with Crippen LogP contribution in [0.2, 0.25) is 0 Å². The summed E-state index contributed by atoms with van der Waals surface area (Å²) in [5.41, 5.74) is 0.241. The molecule has 0 N–H and O–H groups in total. The summed E-state index contributed by atoms with van der Waals surface area (Å²) < 4.78 is 0. The van der Waals surface area contributed by atoms with E-state index in [0.29, 0.717) is 0 Å². The monoisotopic (exact) mass is 134 g/mol. The second-order valence-corrected chi connectivity index (χ2v) is 3.25. The van der Waals surface area contributed by atoms with E-state index < -0.39 is 0 Å². The summed E-state index contributed by atoms with van der Waals surface area (Å²) in [5.74, 6) is 0. The SMILES string of the molecule is CC1(C)C=CC=CCC=C1. The number of rotatable bonds is 0. The highest BCUT2D eigenvalue weighted by molar-refractivity contribution is 5.16. The summed E-state index contributed by atoms with van der Waals surface area (Å²) in [4.78, 5) is 0. The molecule has 0 aromatic heterocycles. The molecule has 54 valence electrons. The van der Waals surface area contributed by atoms with Gasteiger partial charge in [0.05, 0.1) is 0 Å². The predicted molar refractivity (Wildman–Crippen MR) is 45.8 cm³/mol. The van der Waals surface area contributed by atoms with Gasteiger partial charge < -0.3 is 0 Å². The van der Waals surface area contributed by atoms with Crippen molar-refractivity contribution >= 4 is 0 Å². The van der Waals surface area contributed by atoms with Crippen molar-refractivity contribution < 1.29 is 0 Å². The van der Waals surface area contributed by atoms with Gasteiger partial charge in [0.1, 0.15) is 0 Å². The maximum absolute atomic E-state index is 2.24. The zero-order valence-corrected chi connectivity index (χ0v) is 6.67. The van der Waals surface area contributed by atoms with Crippen LogP contribution in [-0.2, 0) is 0 Å². The Morgan fingerprint density at radius 1 is 1.00 bits per heavy atom. The van der Waals surface area contributed by atoms with Gasteiger partial charge in [-0.25, -0.2) is 0 Å². The van der Waals surface area contributed by atoms with Crippen LogP contribution in [0.1, 0.15) is 20.3 Å². The molecule has 1 aliphatic carbocycles. The lowest BCUT2D eigenvalue weighted by molar-refractivity contribution is 0.623. The molecule has 0 saturated carbocycles. The summed E-state index contributed by atoms with van der Waals surface area (Å²) >= 11 is 0. The van der Waals surface area contributed by atoms with Gasteiger partial charge in [-0.3, -0.25) is 0 Å². The molecule has 0 fully saturated rings. The van der Waals surface area contributed by atoms with Crippen molar-refractivity contribution in [3.05, 3.63) is 36.5 Å². The van der Waals surface area contributed by atoms with E-state index in [1.807, 2.05) is 0 Å². The fourth-order valence-electron chi connectivity index (χ4n) is 0.967. The molecule has 0 radical (unpaired) electrons. The van der Waals surface area contributed by atoms with Gasteiger partial charge in [0.2, 0.25) is 0 Å². The van der Waals surface area contributed by atoms with Crippen LogP contribution in [-0.4, -0.2) is 0 Å². The molecule has 0 aliphatic heterocycles. The Morgan fingerprint density at radius 3 is 2.60 bits per heavy atom. The van der Waals surface area contributed by atoms with E-state index in [4.69, 9.17) is 0 Å². The van der Waals surface area contributed by atoms with Gasteiger partial charge in [0.15, 0.2) is 0 Å². The predicted octanol–water partition coefficient (Wildman–Crippen LogP) is 3.08. The molecule has 0 heteroatoms. The van der Waals surface area contributed by atoms with Crippen molar-refractivity contribution in [3.8, 4) is 0 Å². The molecule has 0 atom stereocenters. The van der Waals surface area contributed by atoms with Crippen molar-refractivity contribution in [1.29, 1.82) is 0 Å². The van der Waals surface area contributed by atoms with Crippen molar-refractivity contribution in [1.82, 2.24) is 0 Å². The zero-order chi connectivity index (χ0) is 7.45. The first-order valence-electron chi connectivity index (χ1n) is 3.73. The average Bonchev–Trinajstić information content (AvgIpc) is 1.81. The first-order valence-corrected chi connectivity index (χ1v) is 3.73. The lowest BCUT2D eigenvalue weighted by Gasteiger charge is -2.14. The van der Waals surface area contributed by atoms with Crippen LogP contribution in [0.5, 0.6) is 0 Å². The van der Waals surface area contributed by atoms with Crippen LogP contribution in [0.3, 0.4) is 0 Å². The minimum atomic E-state index is 0.241. The van der Waals surface area contributed by atoms with Crippen molar-refractivity contribution in [2.75, 3.05) is 0 Å². The van der Waals surface area contributed by atoms with Crippen LogP contribution in [0.25, 0.3) is 0 Å². The van der Waals surface area contributed by atoms with Gasteiger partial charge in [-0.05, 0) is 6.42 Å². The summed E-state index contributed by atoms with van der Waals surface area (Å²) in [5, 5.41) is 0. The zero-order valence-electron chi connectivity index (χ0n) is 6.67. The highest BCUT2D eigenvalue weighted by Crippen LogP contribution is 2.20. The Hall–Kier alpha value is -0.780. The molecular formula is C10H14. The Balaban J connectivity index is 2.78. The lowest BCUT2D eigenvalue weighted by atomic mass is 9.91. The minimum absolute atomic E-state index is 0.241. The van der Waals surface area contributed by atoms with Crippen LogP contribution in [0.4, 0.5) is 0 Å². The molecular weight excluding hydrogens is 120 g/mol. The molecule has 0 amide bonds. The van der Waals surface area contributed by atoms with Crippen LogP contribution in [0.15, 0.2) is 36.5 Å². The minimum Gasteiger partial charge on any atom is -0.0839 e. The highest BCUT2D eigenvalue weighted by Gasteiger charge is 2.07. The number of allylic oxidation sites excluding steroid dienone is 6. The lowest BCUT2D eigenvalue weighted by Crippen LogP contribution is -2.01. The highest BCUT2D eigenvalue weighted by atomic mass is 14.1. The Kier molecular flexibility index (Phi) is 2.10. The van der Waals surface area contributed by atoms with Gasteiger partial charge in [0.25, 0.3) is 0 Å². The molecule has 1 aliphatic rings. The van der Waals surface area contributed by atoms with E-state index in [-0.39, 0.29) is 5.41 Å². The van der Waals surface area contributed by atoms with E-state index in [2.05, 4.69) is 50.3 Å². The molecule has 0 aromatic rings. The molecule has 0 aromatic carbocycles. The first-order chi connectivity index (χ1) is 4.71. The first kappa shape index (κ1) is 7.33. The van der Waals surface area contributed by atoms with Crippen molar-refractivity contribution in [2.45, 2.75) is 20.3 Å². The van der Waals surface area contributed by atoms with E-state index >= 15 is 0 Å². The van der Waals surface area contributed by atoms with Crippen LogP contribution >= 0.6 is 0 Å². The fourth-order valence-corrected chi connectivity index (χ4v) is 0.967. The molecule has 0 spiro atoms. The third-order valence-electron chi connectivity index (χ3n) is 1.59. The van der Waals surface area contributed by atoms with Gasteiger partial charge in [-0.15, -0.1) is 0 Å². The maximum atomic E-state index is 2.24.